The molecule has 1 aliphatic rings. The SMILES string of the molecule is CCC[C@@H]1CN(C(=O)c2ccc3cc[nH]c3c2)C[C@H]1N(C)C. The van der Waals surface area contributed by atoms with Crippen LogP contribution in [-0.4, -0.2) is 53.9 Å². The number of carbonyl (C=O) groups is 1. The van der Waals surface area contributed by atoms with Crippen LogP contribution in [0.25, 0.3) is 10.9 Å². The minimum absolute atomic E-state index is 0.155. The Labute approximate surface area is 132 Å². The number of nitrogens with zero attached hydrogens (tertiary/aromatic N) is 2. The van der Waals surface area contributed by atoms with Gasteiger partial charge >= 0.3 is 0 Å². The highest BCUT2D eigenvalue weighted by Gasteiger charge is 2.36. The average molecular weight is 299 g/mol. The largest absolute Gasteiger partial charge is 0.361 e. The molecule has 4 nitrogen and oxygen atoms in total. The summed E-state index contributed by atoms with van der Waals surface area (Å²) in [5.74, 6) is 0.736. The number of amides is 1. The zero-order valence-electron chi connectivity index (χ0n) is 13.7. The van der Waals surface area contributed by atoms with Crippen molar-refractivity contribution in [1.29, 1.82) is 0 Å². The molecule has 0 unspecified atom stereocenters. The van der Waals surface area contributed by atoms with Crippen LogP contribution in [0.2, 0.25) is 0 Å². The summed E-state index contributed by atoms with van der Waals surface area (Å²) in [5.41, 5.74) is 1.81. The number of nitrogens with one attached hydrogen (secondary N) is 1. The number of hydrogen-bond acceptors (Lipinski definition) is 2. The Kier molecular flexibility index (Phi) is 4.21. The number of likely N-dealkylation sites (N-methyl/N-ethyl adjacent to an activating group) is 1. The maximum atomic E-state index is 12.8. The third-order valence-corrected chi connectivity index (χ3v) is 4.82. The Morgan fingerprint density at radius 2 is 2.14 bits per heavy atom. The molecule has 2 aromatic rings. The molecule has 1 aromatic carbocycles. The highest BCUT2D eigenvalue weighted by molar-refractivity contribution is 5.98. The van der Waals surface area contributed by atoms with Crippen LogP contribution < -0.4 is 0 Å². The standard InChI is InChI=1S/C18H25N3O/c1-4-5-15-11-21(12-17(15)20(2)3)18(22)14-7-6-13-8-9-19-16(13)10-14/h6-10,15,17,19H,4-5,11-12H2,1-3H3/t15-,17-/m1/s1. The molecule has 0 bridgehead atoms. The first-order valence-corrected chi connectivity index (χ1v) is 8.13. The van der Waals surface area contributed by atoms with E-state index < -0.39 is 0 Å². The average Bonchev–Trinajstić information content (AvgIpc) is 3.12. The van der Waals surface area contributed by atoms with Crippen molar-refractivity contribution in [2.45, 2.75) is 25.8 Å². The van der Waals surface area contributed by atoms with Crippen LogP contribution in [0.5, 0.6) is 0 Å². The lowest BCUT2D eigenvalue weighted by Gasteiger charge is -2.24. The van der Waals surface area contributed by atoms with Crippen molar-refractivity contribution in [2.24, 2.45) is 5.92 Å². The van der Waals surface area contributed by atoms with Crippen molar-refractivity contribution in [3.8, 4) is 0 Å². The van der Waals surface area contributed by atoms with E-state index in [4.69, 9.17) is 0 Å². The Morgan fingerprint density at radius 1 is 1.32 bits per heavy atom. The zero-order valence-corrected chi connectivity index (χ0v) is 13.7. The maximum Gasteiger partial charge on any atom is 0.253 e. The number of H-pyrrole nitrogens is 1. The first-order valence-electron chi connectivity index (χ1n) is 8.13. The second-order valence-electron chi connectivity index (χ2n) is 6.57. The summed E-state index contributed by atoms with van der Waals surface area (Å²) in [6.07, 6.45) is 4.27. The first kappa shape index (κ1) is 15.1. The Hall–Kier alpha value is -1.81. The van der Waals surface area contributed by atoms with E-state index in [1.165, 1.54) is 12.8 Å². The number of carbonyl (C=O) groups excluding carboxylic acids is 1. The number of rotatable bonds is 4. The van der Waals surface area contributed by atoms with E-state index in [9.17, 15) is 4.79 Å². The Balaban J connectivity index is 1.79. The van der Waals surface area contributed by atoms with Crippen molar-refractivity contribution < 1.29 is 4.79 Å². The minimum Gasteiger partial charge on any atom is -0.361 e. The van der Waals surface area contributed by atoms with Gasteiger partial charge in [0.2, 0.25) is 0 Å². The van der Waals surface area contributed by atoms with E-state index in [2.05, 4.69) is 30.9 Å². The lowest BCUT2D eigenvalue weighted by Crippen LogP contribution is -2.36. The topological polar surface area (TPSA) is 39.3 Å². The molecule has 1 saturated heterocycles. The highest BCUT2D eigenvalue weighted by Crippen LogP contribution is 2.26. The smallest absolute Gasteiger partial charge is 0.253 e. The molecule has 2 heterocycles. The molecule has 22 heavy (non-hydrogen) atoms. The predicted molar refractivity (Wildman–Crippen MR) is 90.1 cm³/mol. The van der Waals surface area contributed by atoms with Crippen molar-refractivity contribution in [2.75, 3.05) is 27.2 Å². The minimum atomic E-state index is 0.155. The molecule has 1 aliphatic heterocycles. The number of likely N-dealkylation sites (tertiary alicyclic amines) is 1. The molecule has 1 N–H and O–H groups in total. The molecule has 1 aromatic heterocycles. The van der Waals surface area contributed by atoms with E-state index >= 15 is 0 Å². The van der Waals surface area contributed by atoms with Crippen LogP contribution in [0.4, 0.5) is 0 Å². The number of fused-ring (bicyclic) bond motifs is 1. The molecule has 4 heteroatoms. The third-order valence-electron chi connectivity index (χ3n) is 4.82. The summed E-state index contributed by atoms with van der Waals surface area (Å²) in [5, 5.41) is 1.15. The summed E-state index contributed by atoms with van der Waals surface area (Å²) in [6, 6.07) is 8.42. The Morgan fingerprint density at radius 3 is 2.86 bits per heavy atom. The van der Waals surface area contributed by atoms with Crippen molar-refractivity contribution in [3.05, 3.63) is 36.0 Å². The highest BCUT2D eigenvalue weighted by atomic mass is 16.2. The van der Waals surface area contributed by atoms with Crippen molar-refractivity contribution in [3.63, 3.8) is 0 Å². The van der Waals surface area contributed by atoms with Gasteiger partial charge in [-0.05, 0) is 50.0 Å². The molecule has 118 valence electrons. The van der Waals surface area contributed by atoms with Crippen LogP contribution in [-0.2, 0) is 0 Å². The monoisotopic (exact) mass is 299 g/mol. The van der Waals surface area contributed by atoms with Gasteiger partial charge in [0.15, 0.2) is 0 Å². The van der Waals surface area contributed by atoms with Gasteiger partial charge in [0.05, 0.1) is 0 Å². The fourth-order valence-corrected chi connectivity index (χ4v) is 3.62. The van der Waals surface area contributed by atoms with Crippen LogP contribution in [0.15, 0.2) is 30.5 Å². The summed E-state index contributed by atoms with van der Waals surface area (Å²) >= 11 is 0. The molecular weight excluding hydrogens is 274 g/mol. The fraction of sp³-hybridized carbons (Fsp3) is 0.500. The van der Waals surface area contributed by atoms with Crippen LogP contribution in [0.3, 0.4) is 0 Å². The summed E-state index contributed by atoms with van der Waals surface area (Å²) < 4.78 is 0. The maximum absolute atomic E-state index is 12.8. The number of aromatic nitrogens is 1. The van der Waals surface area contributed by atoms with E-state index in [-0.39, 0.29) is 5.91 Å². The van der Waals surface area contributed by atoms with Gasteiger partial charge in [-0.2, -0.15) is 0 Å². The normalized spacial score (nSPS) is 21.9. The third kappa shape index (κ3) is 2.75. The molecule has 2 atom stereocenters. The number of benzene rings is 1. The van der Waals surface area contributed by atoms with E-state index in [1.54, 1.807) is 0 Å². The van der Waals surface area contributed by atoms with Gasteiger partial charge in [-0.25, -0.2) is 0 Å². The Bertz CT molecular complexity index is 661. The molecular formula is C18H25N3O. The fourth-order valence-electron chi connectivity index (χ4n) is 3.62. The van der Waals surface area contributed by atoms with Gasteiger partial charge < -0.3 is 14.8 Å². The van der Waals surface area contributed by atoms with Crippen molar-refractivity contribution >= 4 is 16.8 Å². The van der Waals surface area contributed by atoms with Gasteiger partial charge in [-0.3, -0.25) is 4.79 Å². The van der Waals surface area contributed by atoms with Crippen LogP contribution >= 0.6 is 0 Å². The van der Waals surface area contributed by atoms with Crippen LogP contribution in [0, 0.1) is 5.92 Å². The first-order chi connectivity index (χ1) is 10.6. The van der Waals surface area contributed by atoms with E-state index in [0.29, 0.717) is 12.0 Å². The van der Waals surface area contributed by atoms with E-state index in [1.807, 2.05) is 35.4 Å². The molecule has 0 aliphatic carbocycles. The second kappa shape index (κ2) is 6.13. The number of hydrogen-bond donors (Lipinski definition) is 1. The van der Waals surface area contributed by atoms with E-state index in [0.717, 1.165) is 29.6 Å². The summed E-state index contributed by atoms with van der Waals surface area (Å²) in [6.45, 7) is 3.92. The zero-order chi connectivity index (χ0) is 15.7. The lowest BCUT2D eigenvalue weighted by molar-refractivity contribution is 0.0781. The molecule has 0 saturated carbocycles. The second-order valence-corrected chi connectivity index (χ2v) is 6.57. The lowest BCUT2D eigenvalue weighted by atomic mass is 9.98. The van der Waals surface area contributed by atoms with Gasteiger partial charge in [0, 0.05) is 36.4 Å². The summed E-state index contributed by atoms with van der Waals surface area (Å²) in [4.78, 5) is 20.3. The predicted octanol–water partition coefficient (Wildman–Crippen LogP) is 2.97. The quantitative estimate of drug-likeness (QED) is 0.942. The van der Waals surface area contributed by atoms with Gasteiger partial charge in [0.1, 0.15) is 0 Å². The molecule has 0 spiro atoms. The molecule has 0 radical (unpaired) electrons. The summed E-state index contributed by atoms with van der Waals surface area (Å²) in [7, 11) is 4.23. The van der Waals surface area contributed by atoms with Gasteiger partial charge in [0.25, 0.3) is 5.91 Å². The molecule has 3 rings (SSSR count). The van der Waals surface area contributed by atoms with Gasteiger partial charge in [-0.15, -0.1) is 0 Å². The number of aromatic amines is 1. The molecule has 1 fully saturated rings. The van der Waals surface area contributed by atoms with Gasteiger partial charge in [-0.1, -0.05) is 19.4 Å². The van der Waals surface area contributed by atoms with Crippen LogP contribution in [0.1, 0.15) is 30.1 Å². The molecule has 1 amide bonds. The van der Waals surface area contributed by atoms with Crippen molar-refractivity contribution in [1.82, 2.24) is 14.8 Å².